The lowest BCUT2D eigenvalue weighted by Crippen LogP contribution is -2.06. The SMILES string of the molecule is CC(=O)CCc1c(C)[nH]c(C(=O)Cc2ccccc2)c1C. The van der Waals surface area contributed by atoms with Crippen LogP contribution in [0, 0.1) is 13.8 Å². The third-order valence-electron chi connectivity index (χ3n) is 3.81. The number of carbonyl (C=O) groups excluding carboxylic acids is 2. The maximum atomic E-state index is 12.4. The van der Waals surface area contributed by atoms with Gasteiger partial charge in [-0.1, -0.05) is 30.3 Å². The molecule has 0 saturated heterocycles. The summed E-state index contributed by atoms with van der Waals surface area (Å²) in [4.78, 5) is 26.8. The van der Waals surface area contributed by atoms with Gasteiger partial charge in [0.2, 0.25) is 0 Å². The second-order valence-electron chi connectivity index (χ2n) is 5.52. The van der Waals surface area contributed by atoms with Gasteiger partial charge in [0.05, 0.1) is 5.69 Å². The van der Waals surface area contributed by atoms with E-state index < -0.39 is 0 Å². The highest BCUT2D eigenvalue weighted by Gasteiger charge is 2.17. The van der Waals surface area contributed by atoms with Crippen LogP contribution in [0.25, 0.3) is 0 Å². The number of nitrogens with one attached hydrogen (secondary N) is 1. The highest BCUT2D eigenvalue weighted by atomic mass is 16.1. The summed E-state index contributed by atoms with van der Waals surface area (Å²) in [7, 11) is 0. The molecule has 3 nitrogen and oxygen atoms in total. The van der Waals surface area contributed by atoms with Crippen LogP contribution in [-0.2, 0) is 17.6 Å². The van der Waals surface area contributed by atoms with Crippen LogP contribution in [0.2, 0.25) is 0 Å². The van der Waals surface area contributed by atoms with Gasteiger partial charge in [-0.3, -0.25) is 4.79 Å². The second kappa shape index (κ2) is 6.53. The molecule has 0 bridgehead atoms. The molecule has 110 valence electrons. The molecular formula is C18H21NO2. The highest BCUT2D eigenvalue weighted by Crippen LogP contribution is 2.21. The zero-order valence-corrected chi connectivity index (χ0v) is 12.8. The molecular weight excluding hydrogens is 262 g/mol. The molecule has 2 rings (SSSR count). The van der Waals surface area contributed by atoms with E-state index in [0.717, 1.165) is 22.4 Å². The Morgan fingerprint density at radius 3 is 2.38 bits per heavy atom. The predicted octanol–water partition coefficient (Wildman–Crippen LogP) is 3.58. The fourth-order valence-electron chi connectivity index (χ4n) is 2.61. The minimum Gasteiger partial charge on any atom is -0.356 e. The summed E-state index contributed by atoms with van der Waals surface area (Å²) < 4.78 is 0. The number of rotatable bonds is 6. The molecule has 0 atom stereocenters. The predicted molar refractivity (Wildman–Crippen MR) is 83.7 cm³/mol. The van der Waals surface area contributed by atoms with Gasteiger partial charge < -0.3 is 9.78 Å². The highest BCUT2D eigenvalue weighted by molar-refractivity contribution is 5.97. The van der Waals surface area contributed by atoms with Crippen LogP contribution >= 0.6 is 0 Å². The maximum absolute atomic E-state index is 12.4. The number of benzene rings is 1. The molecule has 0 amide bonds. The fraction of sp³-hybridized carbons (Fsp3) is 0.333. The van der Waals surface area contributed by atoms with Crippen molar-refractivity contribution in [2.45, 2.75) is 40.0 Å². The Balaban J connectivity index is 2.18. The first-order valence-corrected chi connectivity index (χ1v) is 7.23. The summed E-state index contributed by atoms with van der Waals surface area (Å²) in [6, 6.07) is 9.73. The molecule has 1 heterocycles. The van der Waals surface area contributed by atoms with E-state index in [9.17, 15) is 9.59 Å². The lowest BCUT2D eigenvalue weighted by Gasteiger charge is -2.02. The largest absolute Gasteiger partial charge is 0.356 e. The van der Waals surface area contributed by atoms with Gasteiger partial charge in [0.15, 0.2) is 5.78 Å². The quantitative estimate of drug-likeness (QED) is 0.824. The lowest BCUT2D eigenvalue weighted by molar-refractivity contribution is -0.116. The standard InChI is InChI=1S/C18H21NO2/c1-12(20)9-10-16-13(2)18(19-14(16)3)17(21)11-15-7-5-4-6-8-15/h4-8,19H,9-11H2,1-3H3. The molecule has 0 aliphatic heterocycles. The van der Waals surface area contributed by atoms with Crippen molar-refractivity contribution in [3.8, 4) is 0 Å². The van der Waals surface area contributed by atoms with Crippen molar-refractivity contribution in [2.75, 3.05) is 0 Å². The van der Waals surface area contributed by atoms with Crippen molar-refractivity contribution in [1.82, 2.24) is 4.98 Å². The average Bonchev–Trinajstić information content (AvgIpc) is 2.73. The van der Waals surface area contributed by atoms with Crippen LogP contribution in [0.4, 0.5) is 0 Å². The number of aromatic amines is 1. The lowest BCUT2D eigenvalue weighted by atomic mass is 10.0. The fourth-order valence-corrected chi connectivity index (χ4v) is 2.61. The molecule has 0 saturated carbocycles. The van der Waals surface area contributed by atoms with Crippen LogP contribution in [0.3, 0.4) is 0 Å². The molecule has 0 aliphatic carbocycles. The van der Waals surface area contributed by atoms with Crippen molar-refractivity contribution in [3.63, 3.8) is 0 Å². The maximum Gasteiger partial charge on any atom is 0.183 e. The van der Waals surface area contributed by atoms with Crippen molar-refractivity contribution in [1.29, 1.82) is 0 Å². The minimum absolute atomic E-state index is 0.0934. The van der Waals surface area contributed by atoms with E-state index >= 15 is 0 Å². The number of H-pyrrole nitrogens is 1. The van der Waals surface area contributed by atoms with Gasteiger partial charge in [-0.25, -0.2) is 0 Å². The molecule has 0 unspecified atom stereocenters. The number of hydrogen-bond acceptors (Lipinski definition) is 2. The Labute approximate surface area is 125 Å². The molecule has 0 radical (unpaired) electrons. The van der Waals surface area contributed by atoms with E-state index in [4.69, 9.17) is 0 Å². The number of aromatic nitrogens is 1. The number of aryl methyl sites for hydroxylation is 1. The Hall–Kier alpha value is -2.16. The van der Waals surface area contributed by atoms with Crippen molar-refractivity contribution >= 4 is 11.6 Å². The molecule has 1 aromatic heterocycles. The van der Waals surface area contributed by atoms with Gasteiger partial charge in [0.1, 0.15) is 5.78 Å². The first kappa shape index (κ1) is 15.2. The summed E-state index contributed by atoms with van der Waals surface area (Å²) in [5.74, 6) is 0.267. The Kier molecular flexibility index (Phi) is 4.73. The van der Waals surface area contributed by atoms with Gasteiger partial charge in [0.25, 0.3) is 0 Å². The topological polar surface area (TPSA) is 49.9 Å². The van der Waals surface area contributed by atoms with Crippen molar-refractivity contribution in [3.05, 3.63) is 58.4 Å². The van der Waals surface area contributed by atoms with Crippen LogP contribution in [0.5, 0.6) is 0 Å². The average molecular weight is 283 g/mol. The van der Waals surface area contributed by atoms with Gasteiger partial charge in [-0.05, 0) is 43.9 Å². The zero-order chi connectivity index (χ0) is 15.4. The van der Waals surface area contributed by atoms with Crippen molar-refractivity contribution in [2.24, 2.45) is 0 Å². The molecule has 1 aromatic carbocycles. The Morgan fingerprint density at radius 1 is 1.10 bits per heavy atom. The number of hydrogen-bond donors (Lipinski definition) is 1. The summed E-state index contributed by atoms with van der Waals surface area (Å²) in [6.07, 6.45) is 1.61. The van der Waals surface area contributed by atoms with E-state index in [-0.39, 0.29) is 11.6 Å². The van der Waals surface area contributed by atoms with Gasteiger partial charge >= 0.3 is 0 Å². The van der Waals surface area contributed by atoms with Crippen molar-refractivity contribution < 1.29 is 9.59 Å². The normalized spacial score (nSPS) is 10.6. The second-order valence-corrected chi connectivity index (χ2v) is 5.52. The van der Waals surface area contributed by atoms with E-state index in [1.54, 1.807) is 6.92 Å². The Bertz CT molecular complexity index is 653. The summed E-state index contributed by atoms with van der Waals surface area (Å²) in [5.41, 5.74) is 4.76. The van der Waals surface area contributed by atoms with E-state index in [1.807, 2.05) is 44.2 Å². The molecule has 1 N–H and O–H groups in total. The molecule has 0 spiro atoms. The summed E-state index contributed by atoms with van der Waals surface area (Å²) >= 11 is 0. The third-order valence-corrected chi connectivity index (χ3v) is 3.81. The third kappa shape index (κ3) is 3.69. The summed E-state index contributed by atoms with van der Waals surface area (Å²) in [5, 5.41) is 0. The van der Waals surface area contributed by atoms with Gasteiger partial charge in [-0.15, -0.1) is 0 Å². The monoisotopic (exact) mass is 283 g/mol. The number of carbonyl (C=O) groups is 2. The smallest absolute Gasteiger partial charge is 0.183 e. The van der Waals surface area contributed by atoms with E-state index in [2.05, 4.69) is 4.98 Å². The van der Waals surface area contributed by atoms with E-state index in [1.165, 1.54) is 0 Å². The summed E-state index contributed by atoms with van der Waals surface area (Å²) in [6.45, 7) is 5.51. The molecule has 0 aliphatic rings. The van der Waals surface area contributed by atoms with Crippen LogP contribution in [-0.4, -0.2) is 16.6 Å². The molecule has 21 heavy (non-hydrogen) atoms. The minimum atomic E-state index is 0.0934. The van der Waals surface area contributed by atoms with E-state index in [0.29, 0.717) is 25.0 Å². The zero-order valence-electron chi connectivity index (χ0n) is 12.8. The number of Topliss-reactive ketones (excluding diaryl/α,β-unsaturated/α-hetero) is 2. The molecule has 0 fully saturated rings. The molecule has 3 heteroatoms. The van der Waals surface area contributed by atoms with Gasteiger partial charge in [0, 0.05) is 18.5 Å². The first-order chi connectivity index (χ1) is 9.99. The Morgan fingerprint density at radius 2 is 1.76 bits per heavy atom. The van der Waals surface area contributed by atoms with Crippen LogP contribution in [0.1, 0.15) is 46.2 Å². The molecule has 2 aromatic rings. The van der Waals surface area contributed by atoms with Gasteiger partial charge in [-0.2, -0.15) is 0 Å². The number of ketones is 2. The first-order valence-electron chi connectivity index (χ1n) is 7.23. The van der Waals surface area contributed by atoms with Crippen LogP contribution < -0.4 is 0 Å². The van der Waals surface area contributed by atoms with Crippen LogP contribution in [0.15, 0.2) is 30.3 Å².